The second-order valence-corrected chi connectivity index (χ2v) is 7.90. The molecule has 2 aromatic heterocycles. The SMILES string of the molecule is O=C(NCc1cccs1)c1ccc(C[S@](=O)c2cccc(Cl)c2)o1. The van der Waals surface area contributed by atoms with Crippen molar-refractivity contribution in [2.24, 2.45) is 0 Å². The fourth-order valence-corrected chi connectivity index (χ4v) is 4.03. The quantitative estimate of drug-likeness (QED) is 0.697. The van der Waals surface area contributed by atoms with Gasteiger partial charge in [0.1, 0.15) is 5.76 Å². The topological polar surface area (TPSA) is 59.3 Å². The van der Waals surface area contributed by atoms with Gasteiger partial charge in [0.25, 0.3) is 5.91 Å². The smallest absolute Gasteiger partial charge is 0.287 e. The summed E-state index contributed by atoms with van der Waals surface area (Å²) in [6, 6.07) is 14.0. The zero-order valence-electron chi connectivity index (χ0n) is 12.5. The van der Waals surface area contributed by atoms with Crippen LogP contribution in [0.5, 0.6) is 0 Å². The molecule has 1 amide bonds. The number of hydrogen-bond donors (Lipinski definition) is 1. The highest BCUT2D eigenvalue weighted by molar-refractivity contribution is 7.84. The van der Waals surface area contributed by atoms with Gasteiger partial charge in [0, 0.05) is 14.8 Å². The molecule has 3 aromatic rings. The molecule has 1 N–H and O–H groups in total. The van der Waals surface area contributed by atoms with Gasteiger partial charge in [0.2, 0.25) is 0 Å². The molecule has 2 heterocycles. The maximum atomic E-state index is 12.3. The van der Waals surface area contributed by atoms with Gasteiger partial charge in [-0.1, -0.05) is 23.7 Å². The fourth-order valence-electron chi connectivity index (χ4n) is 2.07. The van der Waals surface area contributed by atoms with Crippen LogP contribution >= 0.6 is 22.9 Å². The average molecular weight is 380 g/mol. The Kier molecular flexibility index (Phi) is 5.50. The summed E-state index contributed by atoms with van der Waals surface area (Å²) in [6.07, 6.45) is 0. The molecule has 7 heteroatoms. The van der Waals surface area contributed by atoms with E-state index in [1.165, 1.54) is 0 Å². The minimum absolute atomic E-state index is 0.193. The number of thiophene rings is 1. The summed E-state index contributed by atoms with van der Waals surface area (Å²) in [5.74, 6) is 0.612. The van der Waals surface area contributed by atoms with Crippen LogP contribution in [0.15, 0.2) is 63.2 Å². The summed E-state index contributed by atoms with van der Waals surface area (Å²) in [6.45, 7) is 0.459. The maximum absolute atomic E-state index is 12.3. The Balaban J connectivity index is 1.60. The Hall–Kier alpha value is -1.89. The Morgan fingerprint density at radius 1 is 1.21 bits per heavy atom. The van der Waals surface area contributed by atoms with E-state index >= 15 is 0 Å². The predicted octanol–water partition coefficient (Wildman–Crippen LogP) is 4.23. The van der Waals surface area contributed by atoms with Gasteiger partial charge in [-0.3, -0.25) is 9.00 Å². The number of carbonyl (C=O) groups excluding carboxylic acids is 1. The van der Waals surface area contributed by atoms with Crippen LogP contribution in [-0.4, -0.2) is 10.1 Å². The van der Waals surface area contributed by atoms with Crippen LogP contribution in [-0.2, 0) is 23.1 Å². The normalized spacial score (nSPS) is 12.0. The molecular formula is C17H14ClNO3S2. The van der Waals surface area contributed by atoms with Crippen molar-refractivity contribution in [1.82, 2.24) is 5.32 Å². The maximum Gasteiger partial charge on any atom is 0.287 e. The molecule has 4 nitrogen and oxygen atoms in total. The van der Waals surface area contributed by atoms with Crippen LogP contribution in [0.25, 0.3) is 0 Å². The number of rotatable bonds is 6. The van der Waals surface area contributed by atoms with Crippen molar-refractivity contribution in [3.05, 3.63) is 75.3 Å². The third-order valence-electron chi connectivity index (χ3n) is 3.22. The Morgan fingerprint density at radius 3 is 2.83 bits per heavy atom. The molecule has 0 aliphatic heterocycles. The lowest BCUT2D eigenvalue weighted by atomic mass is 10.4. The van der Waals surface area contributed by atoms with E-state index < -0.39 is 10.8 Å². The lowest BCUT2D eigenvalue weighted by Crippen LogP contribution is -2.21. The van der Waals surface area contributed by atoms with Crippen molar-refractivity contribution < 1.29 is 13.4 Å². The van der Waals surface area contributed by atoms with E-state index in [0.29, 0.717) is 22.2 Å². The summed E-state index contributed by atoms with van der Waals surface area (Å²) >= 11 is 7.48. The molecule has 0 spiro atoms. The van der Waals surface area contributed by atoms with Gasteiger partial charge >= 0.3 is 0 Å². The van der Waals surface area contributed by atoms with E-state index in [-0.39, 0.29) is 17.4 Å². The molecule has 124 valence electrons. The number of carbonyl (C=O) groups is 1. The molecule has 0 bridgehead atoms. The van der Waals surface area contributed by atoms with Crippen molar-refractivity contribution in [2.45, 2.75) is 17.2 Å². The summed E-state index contributed by atoms with van der Waals surface area (Å²) in [7, 11) is -1.28. The second kappa shape index (κ2) is 7.79. The van der Waals surface area contributed by atoms with Crippen LogP contribution in [0.4, 0.5) is 0 Å². The highest BCUT2D eigenvalue weighted by atomic mass is 35.5. The highest BCUT2D eigenvalue weighted by Crippen LogP contribution is 2.18. The highest BCUT2D eigenvalue weighted by Gasteiger charge is 2.14. The molecule has 0 aliphatic rings. The number of nitrogens with one attached hydrogen (secondary N) is 1. The standard InChI is InChI=1S/C17H14ClNO3S2/c18-12-3-1-5-15(9-12)24(21)11-13-6-7-16(22-13)17(20)19-10-14-4-2-8-23-14/h1-9H,10-11H2,(H,19,20)/t24-/m0/s1. The van der Waals surface area contributed by atoms with Gasteiger partial charge in [-0.05, 0) is 41.8 Å². The van der Waals surface area contributed by atoms with Gasteiger partial charge in [0.15, 0.2) is 5.76 Å². The molecule has 3 rings (SSSR count). The van der Waals surface area contributed by atoms with Crippen molar-refractivity contribution in [3.63, 3.8) is 0 Å². The average Bonchev–Trinajstić information content (AvgIpc) is 3.24. The van der Waals surface area contributed by atoms with E-state index in [0.717, 1.165) is 4.88 Å². The lowest BCUT2D eigenvalue weighted by Gasteiger charge is -2.02. The van der Waals surface area contributed by atoms with Gasteiger partial charge in [0.05, 0.1) is 23.1 Å². The Labute approximate surface area is 150 Å². The third-order valence-corrected chi connectivity index (χ3v) is 5.66. The van der Waals surface area contributed by atoms with E-state index in [1.807, 2.05) is 17.5 Å². The van der Waals surface area contributed by atoms with E-state index in [9.17, 15) is 9.00 Å². The first-order valence-electron chi connectivity index (χ1n) is 7.15. The Bertz CT molecular complexity index is 858. The number of benzene rings is 1. The molecule has 0 radical (unpaired) electrons. The van der Waals surface area contributed by atoms with Gasteiger partial charge < -0.3 is 9.73 Å². The molecule has 1 atom stereocenters. The zero-order chi connectivity index (χ0) is 16.9. The zero-order valence-corrected chi connectivity index (χ0v) is 14.9. The third kappa shape index (κ3) is 4.35. The molecule has 0 saturated heterocycles. The molecule has 1 aromatic carbocycles. The van der Waals surface area contributed by atoms with E-state index in [1.54, 1.807) is 47.7 Å². The van der Waals surface area contributed by atoms with Gasteiger partial charge in [-0.15, -0.1) is 11.3 Å². The van der Waals surface area contributed by atoms with Crippen molar-refractivity contribution in [3.8, 4) is 0 Å². The van der Waals surface area contributed by atoms with Crippen LogP contribution in [0.2, 0.25) is 5.02 Å². The summed E-state index contributed by atoms with van der Waals surface area (Å²) in [5.41, 5.74) is 0. The van der Waals surface area contributed by atoms with E-state index in [4.69, 9.17) is 16.0 Å². The first kappa shape index (κ1) is 17.0. The second-order valence-electron chi connectivity index (χ2n) is 4.98. The first-order valence-corrected chi connectivity index (χ1v) is 9.73. The monoisotopic (exact) mass is 379 g/mol. The van der Waals surface area contributed by atoms with Crippen LogP contribution in [0, 0.1) is 0 Å². The predicted molar refractivity (Wildman–Crippen MR) is 95.8 cm³/mol. The molecule has 24 heavy (non-hydrogen) atoms. The minimum Gasteiger partial charge on any atom is -0.455 e. The number of furan rings is 1. The van der Waals surface area contributed by atoms with Crippen LogP contribution < -0.4 is 5.32 Å². The molecule has 0 unspecified atom stereocenters. The number of halogens is 1. The first-order chi connectivity index (χ1) is 11.6. The summed E-state index contributed by atoms with van der Waals surface area (Å²) < 4.78 is 17.8. The molecule has 0 saturated carbocycles. The van der Waals surface area contributed by atoms with Crippen molar-refractivity contribution >= 4 is 39.6 Å². The minimum atomic E-state index is -1.28. The lowest BCUT2D eigenvalue weighted by molar-refractivity contribution is 0.0922. The van der Waals surface area contributed by atoms with Gasteiger partial charge in [-0.2, -0.15) is 0 Å². The number of hydrogen-bond acceptors (Lipinski definition) is 4. The molecular weight excluding hydrogens is 366 g/mol. The van der Waals surface area contributed by atoms with Crippen LogP contribution in [0.1, 0.15) is 21.2 Å². The van der Waals surface area contributed by atoms with Crippen molar-refractivity contribution in [1.29, 1.82) is 0 Å². The summed E-state index contributed by atoms with van der Waals surface area (Å²) in [4.78, 5) is 13.8. The molecule has 0 fully saturated rings. The largest absolute Gasteiger partial charge is 0.455 e. The number of amides is 1. The fraction of sp³-hybridized carbons (Fsp3) is 0.118. The van der Waals surface area contributed by atoms with Gasteiger partial charge in [-0.25, -0.2) is 0 Å². The Morgan fingerprint density at radius 2 is 2.08 bits per heavy atom. The molecule has 0 aliphatic carbocycles. The van der Waals surface area contributed by atoms with Crippen molar-refractivity contribution in [2.75, 3.05) is 0 Å². The summed E-state index contributed by atoms with van der Waals surface area (Å²) in [5, 5.41) is 5.28. The van der Waals surface area contributed by atoms with E-state index in [2.05, 4.69) is 5.32 Å². The van der Waals surface area contributed by atoms with Crippen LogP contribution in [0.3, 0.4) is 0 Å².